The molecule has 0 fully saturated rings. The van der Waals surface area contributed by atoms with Crippen molar-refractivity contribution in [1.82, 2.24) is 9.97 Å². The van der Waals surface area contributed by atoms with Gasteiger partial charge in [0.1, 0.15) is 5.75 Å². The summed E-state index contributed by atoms with van der Waals surface area (Å²) in [6, 6.07) is 8.91. The smallest absolute Gasteiger partial charge is 0.237 e. The van der Waals surface area contributed by atoms with E-state index in [1.165, 1.54) is 6.20 Å². The van der Waals surface area contributed by atoms with Gasteiger partial charge in [-0.2, -0.15) is 5.26 Å². The average Bonchev–Trinajstić information content (AvgIpc) is 2.31. The number of ether oxygens (including phenoxy) is 1. The summed E-state index contributed by atoms with van der Waals surface area (Å²) in [6.45, 7) is 0. The Labute approximate surface area is 86.8 Å². The highest BCUT2D eigenvalue weighted by atomic mass is 16.5. The van der Waals surface area contributed by atoms with Gasteiger partial charge in [-0.05, 0) is 18.2 Å². The number of hydrogen-bond donors (Lipinski definition) is 0. The zero-order valence-electron chi connectivity index (χ0n) is 7.79. The molecule has 4 nitrogen and oxygen atoms in total. The number of hydrogen-bond acceptors (Lipinski definition) is 4. The fraction of sp³-hybridized carbons (Fsp3) is 0. The van der Waals surface area contributed by atoms with E-state index in [-0.39, 0.29) is 0 Å². The minimum atomic E-state index is 0.410. The molecule has 0 saturated heterocycles. The second-order valence-electron chi connectivity index (χ2n) is 2.79. The predicted molar refractivity (Wildman–Crippen MR) is 53.3 cm³/mol. The molecule has 0 N–H and O–H groups in total. The van der Waals surface area contributed by atoms with Crippen LogP contribution in [0.1, 0.15) is 5.56 Å². The summed E-state index contributed by atoms with van der Waals surface area (Å²) in [4.78, 5) is 7.83. The van der Waals surface area contributed by atoms with Crippen LogP contribution in [0.3, 0.4) is 0 Å². The van der Waals surface area contributed by atoms with Crippen molar-refractivity contribution in [2.45, 2.75) is 0 Å². The fourth-order valence-electron chi connectivity index (χ4n) is 1.09. The maximum atomic E-state index is 8.69. The van der Waals surface area contributed by atoms with E-state index in [9.17, 15) is 0 Å². The Morgan fingerprint density at radius 2 is 2.20 bits per heavy atom. The third-order valence-electron chi connectivity index (χ3n) is 1.73. The lowest BCUT2D eigenvalue weighted by Gasteiger charge is -2.02. The van der Waals surface area contributed by atoms with Crippen molar-refractivity contribution in [2.24, 2.45) is 0 Å². The van der Waals surface area contributed by atoms with Crippen LogP contribution in [0.25, 0.3) is 0 Å². The first kappa shape index (κ1) is 9.16. The topological polar surface area (TPSA) is 58.8 Å². The van der Waals surface area contributed by atoms with Crippen molar-refractivity contribution < 1.29 is 4.74 Å². The lowest BCUT2D eigenvalue weighted by Crippen LogP contribution is -1.88. The van der Waals surface area contributed by atoms with Crippen molar-refractivity contribution >= 4 is 0 Å². The third kappa shape index (κ3) is 2.29. The molecule has 0 spiro atoms. The van der Waals surface area contributed by atoms with E-state index in [1.54, 1.807) is 36.7 Å². The average molecular weight is 197 g/mol. The first-order valence-electron chi connectivity index (χ1n) is 4.32. The van der Waals surface area contributed by atoms with Crippen LogP contribution in [-0.2, 0) is 0 Å². The summed E-state index contributed by atoms with van der Waals surface area (Å²) in [5.74, 6) is 0.988. The summed E-state index contributed by atoms with van der Waals surface area (Å²) < 4.78 is 5.40. The lowest BCUT2D eigenvalue weighted by molar-refractivity contribution is 0.460. The van der Waals surface area contributed by atoms with Gasteiger partial charge >= 0.3 is 0 Å². The van der Waals surface area contributed by atoms with Crippen molar-refractivity contribution in [3.63, 3.8) is 0 Å². The SMILES string of the molecule is N#Cc1cccc(Oc2cnccn2)c1. The highest BCUT2D eigenvalue weighted by molar-refractivity contribution is 5.37. The van der Waals surface area contributed by atoms with Crippen LogP contribution in [0, 0.1) is 11.3 Å². The number of nitrogens with zero attached hydrogens (tertiary/aromatic N) is 3. The van der Waals surface area contributed by atoms with E-state index in [1.807, 2.05) is 6.07 Å². The molecule has 0 atom stereocenters. The molecule has 0 aliphatic carbocycles. The monoisotopic (exact) mass is 197 g/mol. The Morgan fingerprint density at radius 1 is 1.27 bits per heavy atom. The fourth-order valence-corrected chi connectivity index (χ4v) is 1.09. The molecule has 72 valence electrons. The summed E-state index contributed by atoms with van der Waals surface area (Å²) in [5.41, 5.74) is 0.552. The van der Waals surface area contributed by atoms with Gasteiger partial charge in [-0.25, -0.2) is 4.98 Å². The molecular formula is C11H7N3O. The van der Waals surface area contributed by atoms with Gasteiger partial charge in [0.05, 0.1) is 17.8 Å². The number of aromatic nitrogens is 2. The highest BCUT2D eigenvalue weighted by Gasteiger charge is 1.98. The molecule has 1 heterocycles. The molecule has 1 aromatic heterocycles. The summed E-state index contributed by atoms with van der Waals surface area (Å²) in [6.07, 6.45) is 4.63. The molecule has 0 bridgehead atoms. The van der Waals surface area contributed by atoms with Crippen LogP contribution in [0.2, 0.25) is 0 Å². The third-order valence-corrected chi connectivity index (χ3v) is 1.73. The summed E-state index contributed by atoms with van der Waals surface area (Å²) in [5, 5.41) is 8.69. The van der Waals surface area contributed by atoms with E-state index >= 15 is 0 Å². The molecule has 0 unspecified atom stereocenters. The highest BCUT2D eigenvalue weighted by Crippen LogP contribution is 2.18. The molecule has 0 radical (unpaired) electrons. The lowest BCUT2D eigenvalue weighted by atomic mass is 10.2. The van der Waals surface area contributed by atoms with Crippen LogP contribution in [0.4, 0.5) is 0 Å². The molecule has 0 amide bonds. The molecule has 4 heteroatoms. The first-order chi connectivity index (χ1) is 7.38. The number of nitriles is 1. The van der Waals surface area contributed by atoms with Crippen LogP contribution in [0.5, 0.6) is 11.6 Å². The maximum Gasteiger partial charge on any atom is 0.237 e. The summed E-state index contributed by atoms with van der Waals surface area (Å²) >= 11 is 0. The maximum absolute atomic E-state index is 8.69. The second kappa shape index (κ2) is 4.20. The normalized spacial score (nSPS) is 9.27. The van der Waals surface area contributed by atoms with Gasteiger partial charge in [-0.3, -0.25) is 4.98 Å². The predicted octanol–water partition coefficient (Wildman–Crippen LogP) is 2.14. The van der Waals surface area contributed by atoms with E-state index in [2.05, 4.69) is 9.97 Å². The Morgan fingerprint density at radius 3 is 2.93 bits per heavy atom. The molecule has 15 heavy (non-hydrogen) atoms. The molecule has 0 saturated carbocycles. The second-order valence-corrected chi connectivity index (χ2v) is 2.79. The van der Waals surface area contributed by atoms with E-state index in [0.717, 1.165) is 0 Å². The zero-order valence-corrected chi connectivity index (χ0v) is 7.79. The van der Waals surface area contributed by atoms with E-state index in [4.69, 9.17) is 10.00 Å². The summed E-state index contributed by atoms with van der Waals surface area (Å²) in [7, 11) is 0. The van der Waals surface area contributed by atoms with Crippen LogP contribution in [0.15, 0.2) is 42.9 Å². The minimum Gasteiger partial charge on any atom is -0.437 e. The zero-order chi connectivity index (χ0) is 10.5. The number of benzene rings is 1. The van der Waals surface area contributed by atoms with Gasteiger partial charge in [-0.15, -0.1) is 0 Å². The minimum absolute atomic E-state index is 0.410. The van der Waals surface area contributed by atoms with Crippen molar-refractivity contribution in [2.75, 3.05) is 0 Å². The molecule has 2 aromatic rings. The standard InChI is InChI=1S/C11H7N3O/c12-7-9-2-1-3-10(6-9)15-11-8-13-4-5-14-11/h1-6,8H. The van der Waals surface area contributed by atoms with Crippen LogP contribution < -0.4 is 4.74 Å². The van der Waals surface area contributed by atoms with Crippen molar-refractivity contribution in [1.29, 1.82) is 5.26 Å². The Bertz CT molecular complexity index is 491. The van der Waals surface area contributed by atoms with Crippen molar-refractivity contribution in [3.05, 3.63) is 48.4 Å². The molecule has 0 aliphatic heterocycles. The molecule has 2 rings (SSSR count). The van der Waals surface area contributed by atoms with Gasteiger partial charge in [0.25, 0.3) is 0 Å². The Kier molecular flexibility index (Phi) is 2.56. The van der Waals surface area contributed by atoms with E-state index in [0.29, 0.717) is 17.2 Å². The largest absolute Gasteiger partial charge is 0.437 e. The van der Waals surface area contributed by atoms with Gasteiger partial charge in [-0.1, -0.05) is 6.07 Å². The molecular weight excluding hydrogens is 190 g/mol. The van der Waals surface area contributed by atoms with Crippen LogP contribution >= 0.6 is 0 Å². The van der Waals surface area contributed by atoms with Crippen molar-refractivity contribution in [3.8, 4) is 17.7 Å². The molecule has 0 aliphatic rings. The number of rotatable bonds is 2. The first-order valence-corrected chi connectivity index (χ1v) is 4.32. The quantitative estimate of drug-likeness (QED) is 0.740. The molecule has 1 aromatic carbocycles. The van der Waals surface area contributed by atoms with Gasteiger partial charge in [0, 0.05) is 12.4 Å². The Balaban J connectivity index is 2.22. The van der Waals surface area contributed by atoms with Gasteiger partial charge in [0.15, 0.2) is 0 Å². The van der Waals surface area contributed by atoms with Crippen LogP contribution in [-0.4, -0.2) is 9.97 Å². The van der Waals surface area contributed by atoms with E-state index < -0.39 is 0 Å². The van der Waals surface area contributed by atoms with Gasteiger partial charge < -0.3 is 4.74 Å². The Hall–Kier alpha value is -2.41. The van der Waals surface area contributed by atoms with Gasteiger partial charge in [0.2, 0.25) is 5.88 Å².